The maximum Gasteiger partial charge on any atom is 0.0492 e. The van der Waals surface area contributed by atoms with Crippen LogP contribution in [0.4, 0.5) is 0 Å². The lowest BCUT2D eigenvalue weighted by Gasteiger charge is -2.04. The highest BCUT2D eigenvalue weighted by Crippen LogP contribution is 2.25. The second-order valence-electron chi connectivity index (χ2n) is 2.17. The van der Waals surface area contributed by atoms with Gasteiger partial charge in [0.05, 0.1) is 0 Å². The van der Waals surface area contributed by atoms with Crippen molar-refractivity contribution in [3.8, 4) is 0 Å². The van der Waals surface area contributed by atoms with E-state index < -0.39 is 0 Å². The van der Waals surface area contributed by atoms with E-state index in [2.05, 4.69) is 31.9 Å². The molecular formula is C8H7Br2Cl. The highest BCUT2D eigenvalue weighted by atomic mass is 79.9. The third-order valence-electron chi connectivity index (χ3n) is 1.37. The molecule has 0 aliphatic rings. The van der Waals surface area contributed by atoms with Crippen LogP contribution in [0.25, 0.3) is 0 Å². The Bertz CT molecular complexity index is 220. The molecule has 0 N–H and O–H groups in total. The molecule has 0 amide bonds. The maximum atomic E-state index is 5.73. The van der Waals surface area contributed by atoms with E-state index in [0.29, 0.717) is 4.83 Å². The van der Waals surface area contributed by atoms with E-state index in [0.717, 1.165) is 10.4 Å². The van der Waals surface area contributed by atoms with Gasteiger partial charge in [0, 0.05) is 15.2 Å². The molecule has 0 bridgehead atoms. The van der Waals surface area contributed by atoms with Crippen LogP contribution in [0.3, 0.4) is 0 Å². The molecule has 1 aromatic rings. The van der Waals surface area contributed by atoms with Crippen molar-refractivity contribution in [2.75, 3.05) is 5.33 Å². The molecule has 1 atom stereocenters. The highest BCUT2D eigenvalue weighted by molar-refractivity contribution is 9.12. The van der Waals surface area contributed by atoms with Crippen molar-refractivity contribution < 1.29 is 0 Å². The Morgan fingerprint density at radius 1 is 1.27 bits per heavy atom. The summed E-state index contributed by atoms with van der Waals surface area (Å²) in [4.78, 5) is 0.375. The average Bonchev–Trinajstić information content (AvgIpc) is 2.05. The van der Waals surface area contributed by atoms with E-state index in [9.17, 15) is 0 Å². The van der Waals surface area contributed by atoms with E-state index in [1.807, 2.05) is 24.3 Å². The molecule has 0 fully saturated rings. The topological polar surface area (TPSA) is 0 Å². The van der Waals surface area contributed by atoms with Gasteiger partial charge in [-0.2, -0.15) is 0 Å². The monoisotopic (exact) mass is 296 g/mol. The second-order valence-corrected chi connectivity index (χ2v) is 4.36. The normalized spacial score (nSPS) is 13.0. The van der Waals surface area contributed by atoms with Gasteiger partial charge in [-0.15, -0.1) is 0 Å². The predicted molar refractivity (Wildman–Crippen MR) is 56.9 cm³/mol. The first-order valence-electron chi connectivity index (χ1n) is 3.19. The zero-order valence-corrected chi connectivity index (χ0v) is 9.66. The minimum absolute atomic E-state index is 0.375. The maximum absolute atomic E-state index is 5.73. The van der Waals surface area contributed by atoms with Crippen molar-refractivity contribution in [2.45, 2.75) is 4.83 Å². The minimum atomic E-state index is 0.375. The molecule has 1 aromatic carbocycles. The van der Waals surface area contributed by atoms with Gasteiger partial charge in [-0.3, -0.25) is 0 Å². The van der Waals surface area contributed by atoms with Crippen molar-refractivity contribution in [2.24, 2.45) is 0 Å². The molecule has 0 heterocycles. The van der Waals surface area contributed by atoms with Crippen LogP contribution in [0.2, 0.25) is 5.02 Å². The number of rotatable bonds is 2. The molecule has 0 saturated heterocycles. The summed E-state index contributed by atoms with van der Waals surface area (Å²) in [5.74, 6) is 0. The van der Waals surface area contributed by atoms with E-state index >= 15 is 0 Å². The lowest BCUT2D eigenvalue weighted by molar-refractivity contribution is 1.15. The average molecular weight is 298 g/mol. The van der Waals surface area contributed by atoms with Crippen molar-refractivity contribution in [1.82, 2.24) is 0 Å². The summed E-state index contributed by atoms with van der Waals surface area (Å²) in [6.45, 7) is 0. The smallest absolute Gasteiger partial charge is 0.0492 e. The molecule has 0 aliphatic carbocycles. The Morgan fingerprint density at radius 3 is 2.27 bits per heavy atom. The van der Waals surface area contributed by atoms with E-state index in [1.54, 1.807) is 0 Å². The fourth-order valence-corrected chi connectivity index (χ4v) is 1.57. The number of alkyl halides is 2. The van der Waals surface area contributed by atoms with Crippen LogP contribution in [0.1, 0.15) is 10.4 Å². The number of benzene rings is 1. The Kier molecular flexibility index (Phi) is 3.90. The zero-order chi connectivity index (χ0) is 8.27. The molecular weight excluding hydrogens is 291 g/mol. The molecule has 60 valence electrons. The SMILES string of the molecule is Clc1ccc(C(Br)CBr)cc1. The third-order valence-corrected chi connectivity index (χ3v) is 3.99. The van der Waals surface area contributed by atoms with Crippen LogP contribution in [-0.2, 0) is 0 Å². The lowest BCUT2D eigenvalue weighted by atomic mass is 10.2. The van der Waals surface area contributed by atoms with Crippen molar-refractivity contribution in [1.29, 1.82) is 0 Å². The van der Waals surface area contributed by atoms with Gasteiger partial charge < -0.3 is 0 Å². The van der Waals surface area contributed by atoms with E-state index in [1.165, 1.54) is 5.56 Å². The first kappa shape index (κ1) is 9.56. The van der Waals surface area contributed by atoms with Crippen LogP contribution in [0.15, 0.2) is 24.3 Å². The van der Waals surface area contributed by atoms with E-state index in [-0.39, 0.29) is 0 Å². The first-order valence-corrected chi connectivity index (χ1v) is 5.61. The summed E-state index contributed by atoms with van der Waals surface area (Å²) >= 11 is 12.6. The highest BCUT2D eigenvalue weighted by Gasteiger charge is 2.03. The quantitative estimate of drug-likeness (QED) is 0.719. The molecule has 3 heteroatoms. The van der Waals surface area contributed by atoms with Gasteiger partial charge in [0.1, 0.15) is 0 Å². The van der Waals surface area contributed by atoms with Crippen LogP contribution >= 0.6 is 43.5 Å². The zero-order valence-electron chi connectivity index (χ0n) is 5.73. The number of hydrogen-bond acceptors (Lipinski definition) is 0. The Balaban J connectivity index is 2.81. The summed E-state index contributed by atoms with van der Waals surface area (Å²) in [5.41, 5.74) is 1.24. The Labute approximate surface area is 88.2 Å². The largest absolute Gasteiger partial charge is 0.0912 e. The summed E-state index contributed by atoms with van der Waals surface area (Å²) in [5, 5.41) is 1.69. The molecule has 0 saturated carbocycles. The van der Waals surface area contributed by atoms with Crippen molar-refractivity contribution in [3.05, 3.63) is 34.9 Å². The van der Waals surface area contributed by atoms with Crippen molar-refractivity contribution >= 4 is 43.5 Å². The van der Waals surface area contributed by atoms with Crippen molar-refractivity contribution in [3.63, 3.8) is 0 Å². The van der Waals surface area contributed by atoms with Crippen LogP contribution < -0.4 is 0 Å². The summed E-state index contributed by atoms with van der Waals surface area (Å²) in [6, 6.07) is 7.83. The first-order chi connectivity index (χ1) is 5.24. The fourth-order valence-electron chi connectivity index (χ4n) is 0.761. The lowest BCUT2D eigenvalue weighted by Crippen LogP contribution is -1.88. The standard InChI is InChI=1S/C8H7Br2Cl/c9-5-8(10)6-1-3-7(11)4-2-6/h1-4,8H,5H2. The van der Waals surface area contributed by atoms with E-state index in [4.69, 9.17) is 11.6 Å². The third kappa shape index (κ3) is 2.77. The summed E-state index contributed by atoms with van der Waals surface area (Å²) in [6.07, 6.45) is 0. The van der Waals surface area contributed by atoms with Gasteiger partial charge in [-0.05, 0) is 17.7 Å². The fraction of sp³-hybridized carbons (Fsp3) is 0.250. The van der Waals surface area contributed by atoms with Gasteiger partial charge in [0.2, 0.25) is 0 Å². The second kappa shape index (κ2) is 4.48. The summed E-state index contributed by atoms with van der Waals surface area (Å²) < 4.78 is 0. The summed E-state index contributed by atoms with van der Waals surface area (Å²) in [7, 11) is 0. The van der Waals surface area contributed by atoms with Gasteiger partial charge in [0.15, 0.2) is 0 Å². The molecule has 0 radical (unpaired) electrons. The predicted octanol–water partition coefficient (Wildman–Crippen LogP) is 4.17. The number of hydrogen-bond donors (Lipinski definition) is 0. The molecule has 0 spiro atoms. The van der Waals surface area contributed by atoms with Crippen LogP contribution in [0, 0.1) is 0 Å². The van der Waals surface area contributed by atoms with Gasteiger partial charge in [-0.25, -0.2) is 0 Å². The van der Waals surface area contributed by atoms with Crippen LogP contribution in [-0.4, -0.2) is 5.33 Å². The molecule has 0 aromatic heterocycles. The van der Waals surface area contributed by atoms with Gasteiger partial charge >= 0.3 is 0 Å². The number of halogens is 3. The van der Waals surface area contributed by atoms with Gasteiger partial charge in [0.25, 0.3) is 0 Å². The minimum Gasteiger partial charge on any atom is -0.0912 e. The molecule has 0 nitrogen and oxygen atoms in total. The molecule has 11 heavy (non-hydrogen) atoms. The molecule has 0 aliphatic heterocycles. The Morgan fingerprint density at radius 2 is 1.82 bits per heavy atom. The molecule has 1 rings (SSSR count). The van der Waals surface area contributed by atoms with Crippen LogP contribution in [0.5, 0.6) is 0 Å². The Hall–Kier alpha value is 0.470. The molecule has 1 unspecified atom stereocenters. The van der Waals surface area contributed by atoms with Gasteiger partial charge in [-0.1, -0.05) is 55.6 Å².